The number of hydrogen-bond donors (Lipinski definition) is 1. The van der Waals surface area contributed by atoms with Gasteiger partial charge in [-0.3, -0.25) is 9.59 Å². The van der Waals surface area contributed by atoms with Crippen LogP contribution in [-0.4, -0.2) is 29.8 Å². The van der Waals surface area contributed by atoms with Crippen LogP contribution in [0, 0.1) is 0 Å². The van der Waals surface area contributed by atoms with Gasteiger partial charge in [0.15, 0.2) is 0 Å². The molecule has 2 aromatic rings. The van der Waals surface area contributed by atoms with Gasteiger partial charge in [-0.1, -0.05) is 6.07 Å². The smallest absolute Gasteiger partial charge is 0.252 e. The summed E-state index contributed by atoms with van der Waals surface area (Å²) in [6, 6.07) is 5.79. The van der Waals surface area contributed by atoms with Gasteiger partial charge in [-0.05, 0) is 29.8 Å². The molecule has 0 radical (unpaired) electrons. The molecular weight excluding hydrogens is 304 g/mol. The Kier molecular flexibility index (Phi) is 5.95. The van der Waals surface area contributed by atoms with Gasteiger partial charge in [-0.2, -0.15) is 11.3 Å². The monoisotopic (exact) mass is 322 g/mol. The lowest BCUT2D eigenvalue weighted by Gasteiger charge is -2.20. The highest BCUT2D eigenvalue weighted by Gasteiger charge is 2.13. The minimum Gasteiger partial charge on any atom is -0.351 e. The summed E-state index contributed by atoms with van der Waals surface area (Å²) < 4.78 is 0. The van der Waals surface area contributed by atoms with Gasteiger partial charge in [0.2, 0.25) is 5.91 Å². The summed E-state index contributed by atoms with van der Waals surface area (Å²) >= 11 is 3.13. The molecule has 0 aliphatic carbocycles. The molecule has 21 heavy (non-hydrogen) atoms. The van der Waals surface area contributed by atoms with Crippen molar-refractivity contribution >= 4 is 34.5 Å². The van der Waals surface area contributed by atoms with Gasteiger partial charge in [-0.15, -0.1) is 11.3 Å². The lowest BCUT2D eigenvalue weighted by molar-refractivity contribution is -0.131. The Bertz CT molecular complexity index is 565. The first-order chi connectivity index (χ1) is 10.2. The van der Waals surface area contributed by atoms with Crippen LogP contribution >= 0.6 is 22.7 Å². The number of carbonyl (C=O) groups is 2. The van der Waals surface area contributed by atoms with E-state index in [0.717, 1.165) is 0 Å². The fraction of sp³-hybridized carbons (Fsp3) is 0.333. The SMILES string of the molecule is CCN(Cc1cccs1)C(=O)CCNC(=O)c1ccsc1. The van der Waals surface area contributed by atoms with E-state index in [9.17, 15) is 9.59 Å². The molecule has 0 atom stereocenters. The number of nitrogens with one attached hydrogen (secondary N) is 1. The zero-order valence-corrected chi connectivity index (χ0v) is 13.5. The first-order valence-electron chi connectivity index (χ1n) is 6.81. The highest BCUT2D eigenvalue weighted by molar-refractivity contribution is 7.09. The third kappa shape index (κ3) is 4.68. The van der Waals surface area contributed by atoms with Crippen LogP contribution in [-0.2, 0) is 11.3 Å². The highest BCUT2D eigenvalue weighted by Crippen LogP contribution is 2.12. The Hall–Kier alpha value is -1.66. The Balaban J connectivity index is 1.76. The summed E-state index contributed by atoms with van der Waals surface area (Å²) in [4.78, 5) is 26.9. The molecule has 2 aromatic heterocycles. The maximum atomic E-state index is 12.1. The lowest BCUT2D eigenvalue weighted by atomic mass is 10.3. The fourth-order valence-electron chi connectivity index (χ4n) is 1.90. The van der Waals surface area contributed by atoms with E-state index in [1.165, 1.54) is 16.2 Å². The molecule has 1 N–H and O–H groups in total. The van der Waals surface area contributed by atoms with E-state index in [-0.39, 0.29) is 11.8 Å². The Morgan fingerprint density at radius 2 is 2.14 bits per heavy atom. The van der Waals surface area contributed by atoms with E-state index >= 15 is 0 Å². The first-order valence-corrected chi connectivity index (χ1v) is 8.63. The van der Waals surface area contributed by atoms with Crippen LogP contribution in [0.3, 0.4) is 0 Å². The molecular formula is C15H18N2O2S2. The summed E-state index contributed by atoms with van der Waals surface area (Å²) in [5, 5.41) is 8.44. The Morgan fingerprint density at radius 3 is 2.76 bits per heavy atom. The molecule has 4 nitrogen and oxygen atoms in total. The van der Waals surface area contributed by atoms with Crippen molar-refractivity contribution in [2.24, 2.45) is 0 Å². The average Bonchev–Trinajstić information content (AvgIpc) is 3.17. The average molecular weight is 322 g/mol. The van der Waals surface area contributed by atoms with Gasteiger partial charge >= 0.3 is 0 Å². The second kappa shape index (κ2) is 7.95. The van der Waals surface area contributed by atoms with Crippen molar-refractivity contribution in [1.82, 2.24) is 10.2 Å². The largest absolute Gasteiger partial charge is 0.351 e. The van der Waals surface area contributed by atoms with Crippen LogP contribution in [0.4, 0.5) is 0 Å². The summed E-state index contributed by atoms with van der Waals surface area (Å²) in [6.07, 6.45) is 0.328. The topological polar surface area (TPSA) is 49.4 Å². The van der Waals surface area contributed by atoms with Crippen molar-refractivity contribution in [2.45, 2.75) is 19.9 Å². The van der Waals surface area contributed by atoms with Crippen molar-refractivity contribution in [2.75, 3.05) is 13.1 Å². The Labute approximate surface area is 132 Å². The maximum absolute atomic E-state index is 12.1. The van der Waals surface area contributed by atoms with Crippen molar-refractivity contribution in [3.8, 4) is 0 Å². The van der Waals surface area contributed by atoms with Crippen LogP contribution < -0.4 is 5.32 Å². The van der Waals surface area contributed by atoms with Gasteiger partial charge in [0.05, 0.1) is 6.54 Å². The molecule has 2 heterocycles. The molecule has 0 fully saturated rings. The van der Waals surface area contributed by atoms with Crippen molar-refractivity contribution in [3.63, 3.8) is 0 Å². The summed E-state index contributed by atoms with van der Waals surface area (Å²) in [6.45, 7) is 3.66. The number of rotatable bonds is 7. The molecule has 0 saturated carbocycles. The van der Waals surface area contributed by atoms with Crippen LogP contribution in [0.25, 0.3) is 0 Å². The highest BCUT2D eigenvalue weighted by atomic mass is 32.1. The summed E-state index contributed by atoms with van der Waals surface area (Å²) in [7, 11) is 0. The molecule has 6 heteroatoms. The van der Waals surface area contributed by atoms with E-state index < -0.39 is 0 Å². The van der Waals surface area contributed by atoms with Crippen molar-refractivity contribution < 1.29 is 9.59 Å². The van der Waals surface area contributed by atoms with Gasteiger partial charge in [-0.25, -0.2) is 0 Å². The number of amides is 2. The minimum atomic E-state index is -0.120. The molecule has 0 aliphatic rings. The molecule has 0 spiro atoms. The Morgan fingerprint density at radius 1 is 1.29 bits per heavy atom. The molecule has 0 bridgehead atoms. The zero-order valence-electron chi connectivity index (χ0n) is 11.9. The second-order valence-electron chi connectivity index (χ2n) is 4.51. The van der Waals surface area contributed by atoms with Crippen molar-refractivity contribution in [3.05, 3.63) is 44.8 Å². The van der Waals surface area contributed by atoms with Crippen LogP contribution in [0.15, 0.2) is 34.3 Å². The number of carbonyl (C=O) groups excluding carboxylic acids is 2. The normalized spacial score (nSPS) is 10.3. The van der Waals surface area contributed by atoms with Crippen molar-refractivity contribution in [1.29, 1.82) is 0 Å². The van der Waals surface area contributed by atoms with Crippen LogP contribution in [0.2, 0.25) is 0 Å². The van der Waals surface area contributed by atoms with E-state index in [2.05, 4.69) is 5.32 Å². The molecule has 0 saturated heterocycles. The lowest BCUT2D eigenvalue weighted by Crippen LogP contribution is -2.33. The molecule has 2 rings (SSSR count). The second-order valence-corrected chi connectivity index (χ2v) is 6.32. The van der Waals surface area contributed by atoms with Crippen LogP contribution in [0.5, 0.6) is 0 Å². The first kappa shape index (κ1) is 15.7. The van der Waals surface area contributed by atoms with Gasteiger partial charge in [0.25, 0.3) is 5.91 Å². The fourth-order valence-corrected chi connectivity index (χ4v) is 3.26. The van der Waals surface area contributed by atoms with Gasteiger partial charge in [0, 0.05) is 35.3 Å². The number of nitrogens with zero attached hydrogens (tertiary/aromatic N) is 1. The van der Waals surface area contributed by atoms with Gasteiger partial charge < -0.3 is 10.2 Å². The van der Waals surface area contributed by atoms with E-state index in [0.29, 0.717) is 31.6 Å². The third-order valence-electron chi connectivity index (χ3n) is 3.07. The zero-order chi connectivity index (χ0) is 15.1. The van der Waals surface area contributed by atoms with E-state index in [4.69, 9.17) is 0 Å². The predicted molar refractivity (Wildman–Crippen MR) is 86.7 cm³/mol. The number of thiophene rings is 2. The molecule has 0 unspecified atom stereocenters. The maximum Gasteiger partial charge on any atom is 0.252 e. The molecule has 0 aromatic carbocycles. The number of hydrogen-bond acceptors (Lipinski definition) is 4. The standard InChI is InChI=1S/C15H18N2O2S2/c1-2-17(10-13-4-3-8-21-13)14(18)5-7-16-15(19)12-6-9-20-11-12/h3-4,6,8-9,11H,2,5,7,10H2,1H3,(H,16,19). The molecule has 2 amide bonds. The van der Waals surface area contributed by atoms with Gasteiger partial charge in [0.1, 0.15) is 0 Å². The summed E-state index contributed by atoms with van der Waals surface area (Å²) in [5.74, 6) is -0.0538. The van der Waals surface area contributed by atoms with Crippen LogP contribution in [0.1, 0.15) is 28.6 Å². The summed E-state index contributed by atoms with van der Waals surface area (Å²) in [5.41, 5.74) is 0.651. The molecule has 0 aliphatic heterocycles. The molecule has 112 valence electrons. The van der Waals surface area contributed by atoms with E-state index in [1.807, 2.05) is 34.7 Å². The minimum absolute atomic E-state index is 0.0662. The quantitative estimate of drug-likeness (QED) is 0.852. The van der Waals surface area contributed by atoms with E-state index in [1.54, 1.807) is 22.8 Å². The third-order valence-corrected chi connectivity index (χ3v) is 4.61. The predicted octanol–water partition coefficient (Wildman–Crippen LogP) is 2.98.